The van der Waals surface area contributed by atoms with Crippen molar-refractivity contribution in [2.24, 2.45) is 0 Å². The van der Waals surface area contributed by atoms with Gasteiger partial charge in [-0.15, -0.1) is 11.8 Å². The van der Waals surface area contributed by atoms with Crippen LogP contribution in [0.2, 0.25) is 0 Å². The van der Waals surface area contributed by atoms with Crippen molar-refractivity contribution in [2.75, 3.05) is 11.1 Å². The lowest BCUT2D eigenvalue weighted by molar-refractivity contribution is -0.135. The summed E-state index contributed by atoms with van der Waals surface area (Å²) in [6.07, 6.45) is 3.51. The van der Waals surface area contributed by atoms with Crippen molar-refractivity contribution in [3.05, 3.63) is 18.2 Å². The largest absolute Gasteiger partial charge is 0.508 e. The fourth-order valence-electron chi connectivity index (χ4n) is 1.17. The molecule has 1 aromatic carbocycles. The van der Waals surface area contributed by atoms with Gasteiger partial charge in [-0.05, 0) is 36.8 Å². The molecular formula is C15H23BrO6S. The second kappa shape index (κ2) is 15.5. The predicted octanol–water partition coefficient (Wildman–Crippen LogP) is 3.94. The number of carboxylic acid groups (broad SMARTS) is 2. The normalized spacial score (nSPS) is 9.00. The number of halogens is 1. The Morgan fingerprint density at radius 2 is 1.57 bits per heavy atom. The molecule has 0 aliphatic carbocycles. The van der Waals surface area contributed by atoms with E-state index in [0.29, 0.717) is 0 Å². The molecule has 8 heteroatoms. The molecule has 0 aliphatic rings. The molecule has 0 fully saturated rings. The lowest BCUT2D eigenvalue weighted by Crippen LogP contribution is -1.83. The van der Waals surface area contributed by atoms with Gasteiger partial charge in [0.15, 0.2) is 0 Å². The Hall–Kier alpha value is -1.41. The molecule has 1 aromatic rings. The zero-order valence-electron chi connectivity index (χ0n) is 13.2. The molecule has 0 radical (unpaired) electrons. The summed E-state index contributed by atoms with van der Waals surface area (Å²) in [5.41, 5.74) is 0. The maximum atomic E-state index is 9.50. The molecule has 23 heavy (non-hydrogen) atoms. The Kier molecular flexibility index (Phi) is 16.1. The van der Waals surface area contributed by atoms with Crippen molar-refractivity contribution in [2.45, 2.75) is 38.0 Å². The highest BCUT2D eigenvalue weighted by atomic mass is 79.9. The van der Waals surface area contributed by atoms with Gasteiger partial charge < -0.3 is 20.4 Å². The van der Waals surface area contributed by atoms with Crippen molar-refractivity contribution in [3.8, 4) is 11.5 Å². The van der Waals surface area contributed by atoms with Crippen LogP contribution < -0.4 is 0 Å². The SMILES string of the molecule is CC(=O)O.CC(=O)O.Oc1ccc(O)c(SCCCCCBr)c1. The van der Waals surface area contributed by atoms with E-state index in [-0.39, 0.29) is 11.5 Å². The van der Waals surface area contributed by atoms with Gasteiger partial charge in [-0.25, -0.2) is 0 Å². The lowest BCUT2D eigenvalue weighted by atomic mass is 10.3. The first-order chi connectivity index (χ1) is 10.7. The number of aromatic hydroxyl groups is 2. The molecule has 0 saturated carbocycles. The number of alkyl halides is 1. The second-order valence-electron chi connectivity index (χ2n) is 4.29. The van der Waals surface area contributed by atoms with E-state index in [4.69, 9.17) is 19.8 Å². The Labute approximate surface area is 148 Å². The zero-order valence-corrected chi connectivity index (χ0v) is 15.6. The quantitative estimate of drug-likeness (QED) is 0.243. The number of benzene rings is 1. The first kappa shape index (κ1) is 23.9. The molecule has 0 atom stereocenters. The number of rotatable bonds is 6. The number of carboxylic acids is 2. The summed E-state index contributed by atoms with van der Waals surface area (Å²) in [5.74, 6) is -0.238. The Balaban J connectivity index is 0. The average molecular weight is 411 g/mol. The van der Waals surface area contributed by atoms with Crippen molar-refractivity contribution >= 4 is 39.6 Å². The summed E-state index contributed by atoms with van der Waals surface area (Å²) in [6.45, 7) is 2.17. The second-order valence-corrected chi connectivity index (χ2v) is 6.22. The van der Waals surface area contributed by atoms with Crippen LogP contribution >= 0.6 is 27.7 Å². The lowest BCUT2D eigenvalue weighted by Gasteiger charge is -2.04. The third kappa shape index (κ3) is 20.6. The van der Waals surface area contributed by atoms with Gasteiger partial charge in [0.25, 0.3) is 11.9 Å². The number of thioether (sulfide) groups is 1. The molecule has 0 heterocycles. The van der Waals surface area contributed by atoms with Gasteiger partial charge in [0.2, 0.25) is 0 Å². The van der Waals surface area contributed by atoms with E-state index < -0.39 is 11.9 Å². The zero-order chi connectivity index (χ0) is 18.3. The number of carbonyl (C=O) groups is 2. The van der Waals surface area contributed by atoms with Gasteiger partial charge in [-0.3, -0.25) is 9.59 Å². The standard InChI is InChI=1S/C11H15BrO2S.2C2H4O2/c12-6-2-1-3-7-15-11-8-9(13)4-5-10(11)14;2*1-2(3)4/h4-5,8,13-14H,1-3,6-7H2;2*1H3,(H,3,4). The van der Waals surface area contributed by atoms with Crippen LogP contribution in [0.1, 0.15) is 33.1 Å². The number of aliphatic carboxylic acids is 2. The molecule has 0 bridgehead atoms. The smallest absolute Gasteiger partial charge is 0.300 e. The fraction of sp³-hybridized carbons (Fsp3) is 0.467. The number of phenolic OH excluding ortho intramolecular Hbond substituents is 2. The van der Waals surface area contributed by atoms with E-state index in [1.165, 1.54) is 25.0 Å². The van der Waals surface area contributed by atoms with Gasteiger partial charge >= 0.3 is 0 Å². The van der Waals surface area contributed by atoms with E-state index >= 15 is 0 Å². The van der Waals surface area contributed by atoms with Crippen LogP contribution in [0.25, 0.3) is 0 Å². The average Bonchev–Trinajstić information content (AvgIpc) is 2.41. The van der Waals surface area contributed by atoms with E-state index in [1.807, 2.05) is 0 Å². The fourth-order valence-corrected chi connectivity index (χ4v) is 2.56. The van der Waals surface area contributed by atoms with E-state index in [2.05, 4.69) is 15.9 Å². The predicted molar refractivity (Wildman–Crippen MR) is 94.8 cm³/mol. The van der Waals surface area contributed by atoms with Crippen LogP contribution in [0, 0.1) is 0 Å². The van der Waals surface area contributed by atoms with Crippen molar-refractivity contribution in [1.82, 2.24) is 0 Å². The van der Waals surface area contributed by atoms with Crippen LogP contribution in [0.4, 0.5) is 0 Å². The number of phenols is 2. The Bertz CT molecular complexity index is 447. The number of hydrogen-bond donors (Lipinski definition) is 4. The summed E-state index contributed by atoms with van der Waals surface area (Å²) in [7, 11) is 0. The first-order valence-electron chi connectivity index (χ1n) is 6.80. The molecule has 6 nitrogen and oxygen atoms in total. The molecular weight excluding hydrogens is 388 g/mol. The van der Waals surface area contributed by atoms with E-state index in [0.717, 1.165) is 36.2 Å². The monoisotopic (exact) mass is 410 g/mol. The molecule has 0 spiro atoms. The molecule has 0 saturated heterocycles. The highest BCUT2D eigenvalue weighted by molar-refractivity contribution is 9.09. The Morgan fingerprint density at radius 3 is 2.04 bits per heavy atom. The highest BCUT2D eigenvalue weighted by Gasteiger charge is 2.02. The molecule has 0 amide bonds. The van der Waals surface area contributed by atoms with Gasteiger partial charge in [0.05, 0.1) is 4.90 Å². The minimum atomic E-state index is -0.833. The van der Waals surface area contributed by atoms with E-state index in [1.54, 1.807) is 17.8 Å². The van der Waals surface area contributed by atoms with Crippen LogP contribution in [-0.4, -0.2) is 43.4 Å². The van der Waals surface area contributed by atoms with Crippen molar-refractivity contribution in [1.29, 1.82) is 0 Å². The summed E-state index contributed by atoms with van der Waals surface area (Å²) in [4.78, 5) is 18.8. The highest BCUT2D eigenvalue weighted by Crippen LogP contribution is 2.31. The van der Waals surface area contributed by atoms with Crippen LogP contribution in [0.5, 0.6) is 11.5 Å². The summed E-state index contributed by atoms with van der Waals surface area (Å²) < 4.78 is 0. The maximum Gasteiger partial charge on any atom is 0.300 e. The van der Waals surface area contributed by atoms with E-state index in [9.17, 15) is 10.2 Å². The number of hydrogen-bond acceptors (Lipinski definition) is 5. The molecule has 0 aliphatic heterocycles. The summed E-state index contributed by atoms with van der Waals surface area (Å²) in [5, 5.41) is 34.6. The Morgan fingerprint density at radius 1 is 1.04 bits per heavy atom. The van der Waals surface area contributed by atoms with Gasteiger partial charge in [-0.2, -0.15) is 0 Å². The van der Waals surface area contributed by atoms with Gasteiger partial charge in [0.1, 0.15) is 11.5 Å². The van der Waals surface area contributed by atoms with Crippen molar-refractivity contribution in [3.63, 3.8) is 0 Å². The van der Waals surface area contributed by atoms with Gasteiger partial charge in [0, 0.05) is 19.2 Å². The molecule has 4 N–H and O–H groups in total. The first-order valence-corrected chi connectivity index (χ1v) is 8.91. The topological polar surface area (TPSA) is 115 Å². The minimum absolute atomic E-state index is 0.204. The van der Waals surface area contributed by atoms with Gasteiger partial charge in [-0.1, -0.05) is 22.4 Å². The maximum absolute atomic E-state index is 9.50. The molecule has 1 rings (SSSR count). The summed E-state index contributed by atoms with van der Waals surface area (Å²) in [6, 6.07) is 4.62. The van der Waals surface area contributed by atoms with Crippen molar-refractivity contribution < 1.29 is 30.0 Å². The number of unbranched alkanes of at least 4 members (excludes halogenated alkanes) is 2. The van der Waals surface area contributed by atoms with Crippen LogP contribution in [0.3, 0.4) is 0 Å². The minimum Gasteiger partial charge on any atom is -0.508 e. The van der Waals surface area contributed by atoms with Crippen LogP contribution in [-0.2, 0) is 9.59 Å². The molecule has 132 valence electrons. The molecule has 0 aromatic heterocycles. The van der Waals surface area contributed by atoms with Crippen LogP contribution in [0.15, 0.2) is 23.1 Å². The third-order valence-electron chi connectivity index (χ3n) is 1.98. The summed E-state index contributed by atoms with van der Waals surface area (Å²) >= 11 is 4.97. The third-order valence-corrected chi connectivity index (χ3v) is 3.67. The molecule has 0 unspecified atom stereocenters.